The summed E-state index contributed by atoms with van der Waals surface area (Å²) in [6.07, 6.45) is 0. The highest BCUT2D eigenvalue weighted by Gasteiger charge is 2.34. The van der Waals surface area contributed by atoms with E-state index in [0.29, 0.717) is 13.2 Å². The first-order chi connectivity index (χ1) is 7.34. The zero-order valence-electron chi connectivity index (χ0n) is 10.1. The van der Waals surface area contributed by atoms with Gasteiger partial charge in [0, 0.05) is 14.2 Å². The topological polar surface area (TPSA) is 76.1 Å². The van der Waals surface area contributed by atoms with Crippen molar-refractivity contribution >= 4 is 11.9 Å². The maximum absolute atomic E-state index is 11.6. The van der Waals surface area contributed by atoms with Crippen LogP contribution >= 0.6 is 0 Å². The fraction of sp³-hybridized carbons (Fsp3) is 0.800. The fourth-order valence-electron chi connectivity index (χ4n) is 0.854. The van der Waals surface area contributed by atoms with Gasteiger partial charge in [-0.3, -0.25) is 4.79 Å². The van der Waals surface area contributed by atoms with Crippen molar-refractivity contribution in [2.75, 3.05) is 34.0 Å². The quantitative estimate of drug-likeness (QED) is 0.625. The zero-order valence-corrected chi connectivity index (χ0v) is 10.1. The lowest BCUT2D eigenvalue weighted by Gasteiger charge is -2.31. The van der Waals surface area contributed by atoms with Crippen LogP contribution in [-0.4, -0.2) is 61.4 Å². The van der Waals surface area contributed by atoms with E-state index < -0.39 is 11.5 Å². The molecule has 0 atom stereocenters. The third-order valence-electron chi connectivity index (χ3n) is 2.39. The maximum atomic E-state index is 11.6. The number of rotatable bonds is 7. The van der Waals surface area contributed by atoms with Crippen LogP contribution in [0.2, 0.25) is 0 Å². The van der Waals surface area contributed by atoms with Gasteiger partial charge >= 0.3 is 5.97 Å². The molecule has 0 saturated heterocycles. The monoisotopic (exact) mass is 233 g/mol. The van der Waals surface area contributed by atoms with E-state index in [-0.39, 0.29) is 12.5 Å². The molecule has 0 aliphatic carbocycles. The predicted octanol–water partition coefficient (Wildman–Crippen LogP) is -0.0290. The van der Waals surface area contributed by atoms with Crippen LogP contribution in [0.5, 0.6) is 0 Å². The number of ether oxygens (including phenoxy) is 2. The molecule has 6 nitrogen and oxygen atoms in total. The van der Waals surface area contributed by atoms with Gasteiger partial charge in [-0.1, -0.05) is 0 Å². The lowest BCUT2D eigenvalue weighted by molar-refractivity contribution is -0.157. The SMILES string of the molecule is COCCOCC(=O)N(C)C(C)(C)C(=O)O. The molecule has 16 heavy (non-hydrogen) atoms. The molecule has 0 radical (unpaired) electrons. The summed E-state index contributed by atoms with van der Waals surface area (Å²) in [6, 6.07) is 0. The van der Waals surface area contributed by atoms with Crippen molar-refractivity contribution in [3.63, 3.8) is 0 Å². The van der Waals surface area contributed by atoms with Gasteiger partial charge in [0.25, 0.3) is 0 Å². The molecule has 0 aromatic heterocycles. The number of carbonyl (C=O) groups is 2. The maximum Gasteiger partial charge on any atom is 0.329 e. The Morgan fingerprint density at radius 3 is 2.31 bits per heavy atom. The van der Waals surface area contributed by atoms with Crippen molar-refractivity contribution < 1.29 is 24.2 Å². The van der Waals surface area contributed by atoms with Crippen molar-refractivity contribution in [1.82, 2.24) is 4.90 Å². The summed E-state index contributed by atoms with van der Waals surface area (Å²) in [4.78, 5) is 23.6. The average Bonchev–Trinajstić information content (AvgIpc) is 2.22. The molecule has 1 amide bonds. The van der Waals surface area contributed by atoms with E-state index in [4.69, 9.17) is 14.6 Å². The Balaban J connectivity index is 4.13. The van der Waals surface area contributed by atoms with Gasteiger partial charge in [0.05, 0.1) is 13.2 Å². The van der Waals surface area contributed by atoms with Crippen molar-refractivity contribution in [2.24, 2.45) is 0 Å². The lowest BCUT2D eigenvalue weighted by atomic mass is 10.0. The molecule has 0 aromatic rings. The van der Waals surface area contributed by atoms with E-state index in [1.807, 2.05) is 0 Å². The molecule has 0 aliphatic rings. The number of methoxy groups -OCH3 is 1. The van der Waals surface area contributed by atoms with Gasteiger partial charge in [-0.15, -0.1) is 0 Å². The van der Waals surface area contributed by atoms with Crippen LogP contribution in [0.3, 0.4) is 0 Å². The molecule has 6 heteroatoms. The van der Waals surface area contributed by atoms with Crippen molar-refractivity contribution in [3.05, 3.63) is 0 Å². The number of hydrogen-bond acceptors (Lipinski definition) is 4. The number of nitrogens with zero attached hydrogens (tertiary/aromatic N) is 1. The lowest BCUT2D eigenvalue weighted by Crippen LogP contribution is -2.51. The van der Waals surface area contributed by atoms with Crippen LogP contribution in [-0.2, 0) is 19.1 Å². The number of likely N-dealkylation sites (N-methyl/N-ethyl adjacent to an activating group) is 1. The Morgan fingerprint density at radius 1 is 1.31 bits per heavy atom. The summed E-state index contributed by atoms with van der Waals surface area (Å²) in [5, 5.41) is 8.92. The second-order valence-corrected chi connectivity index (χ2v) is 3.86. The number of hydrogen-bond donors (Lipinski definition) is 1. The molecule has 0 aliphatic heterocycles. The third-order valence-corrected chi connectivity index (χ3v) is 2.39. The number of carbonyl (C=O) groups excluding carboxylic acids is 1. The molecule has 0 unspecified atom stereocenters. The molecule has 0 bridgehead atoms. The standard InChI is InChI=1S/C10H19NO5/c1-10(2,9(13)14)11(3)8(12)7-16-6-5-15-4/h5-7H2,1-4H3,(H,13,14). The summed E-state index contributed by atoms with van der Waals surface area (Å²) >= 11 is 0. The van der Waals surface area contributed by atoms with Gasteiger partial charge in [-0.25, -0.2) is 4.79 Å². The summed E-state index contributed by atoms with van der Waals surface area (Å²) in [6.45, 7) is 3.49. The van der Waals surface area contributed by atoms with Crippen LogP contribution in [0.1, 0.15) is 13.8 Å². The van der Waals surface area contributed by atoms with E-state index in [1.54, 1.807) is 0 Å². The number of aliphatic carboxylic acids is 1. The highest BCUT2D eigenvalue weighted by molar-refractivity contribution is 5.86. The third kappa shape index (κ3) is 4.16. The Kier molecular flexibility index (Phi) is 5.98. The van der Waals surface area contributed by atoms with Crippen LogP contribution in [0.4, 0.5) is 0 Å². The Bertz CT molecular complexity index is 252. The molecule has 94 valence electrons. The van der Waals surface area contributed by atoms with Crippen LogP contribution in [0.15, 0.2) is 0 Å². The zero-order chi connectivity index (χ0) is 12.8. The summed E-state index contributed by atoms with van der Waals surface area (Å²) in [5.41, 5.74) is -1.23. The fourth-order valence-corrected chi connectivity index (χ4v) is 0.854. The molecule has 0 saturated carbocycles. The van der Waals surface area contributed by atoms with Gasteiger partial charge in [0.1, 0.15) is 12.1 Å². The number of amides is 1. The largest absolute Gasteiger partial charge is 0.480 e. The molecule has 0 fully saturated rings. The Morgan fingerprint density at radius 2 is 1.88 bits per heavy atom. The van der Waals surface area contributed by atoms with E-state index in [1.165, 1.54) is 28.0 Å². The van der Waals surface area contributed by atoms with Crippen molar-refractivity contribution in [3.8, 4) is 0 Å². The second kappa shape index (κ2) is 6.44. The van der Waals surface area contributed by atoms with E-state index in [0.717, 1.165) is 4.90 Å². The summed E-state index contributed by atoms with van der Waals surface area (Å²) in [7, 11) is 2.97. The summed E-state index contributed by atoms with van der Waals surface area (Å²) < 4.78 is 9.77. The van der Waals surface area contributed by atoms with E-state index in [2.05, 4.69) is 0 Å². The van der Waals surface area contributed by atoms with E-state index in [9.17, 15) is 9.59 Å². The first-order valence-electron chi connectivity index (χ1n) is 4.90. The molecule has 0 heterocycles. The molecule has 1 N–H and O–H groups in total. The number of carboxylic acids is 1. The number of carboxylic acid groups (broad SMARTS) is 1. The average molecular weight is 233 g/mol. The minimum atomic E-state index is -1.23. The molecule has 0 rings (SSSR count). The van der Waals surface area contributed by atoms with Crippen LogP contribution in [0.25, 0.3) is 0 Å². The second-order valence-electron chi connectivity index (χ2n) is 3.86. The Hall–Kier alpha value is -1.14. The van der Waals surface area contributed by atoms with Gasteiger partial charge in [0.2, 0.25) is 5.91 Å². The van der Waals surface area contributed by atoms with Gasteiger partial charge < -0.3 is 19.5 Å². The minimum Gasteiger partial charge on any atom is -0.480 e. The summed E-state index contributed by atoms with van der Waals surface area (Å²) in [5.74, 6) is -1.43. The predicted molar refractivity (Wildman–Crippen MR) is 57.2 cm³/mol. The molecular formula is C10H19NO5. The molecule has 0 aromatic carbocycles. The first-order valence-corrected chi connectivity index (χ1v) is 4.90. The molecular weight excluding hydrogens is 214 g/mol. The van der Waals surface area contributed by atoms with Crippen LogP contribution < -0.4 is 0 Å². The smallest absolute Gasteiger partial charge is 0.329 e. The van der Waals surface area contributed by atoms with E-state index >= 15 is 0 Å². The van der Waals surface area contributed by atoms with Gasteiger partial charge in [-0.05, 0) is 13.8 Å². The van der Waals surface area contributed by atoms with Gasteiger partial charge in [-0.2, -0.15) is 0 Å². The highest BCUT2D eigenvalue weighted by atomic mass is 16.5. The molecule has 0 spiro atoms. The first kappa shape index (κ1) is 14.9. The van der Waals surface area contributed by atoms with Gasteiger partial charge in [0.15, 0.2) is 0 Å². The van der Waals surface area contributed by atoms with Crippen LogP contribution in [0, 0.1) is 0 Å². The highest BCUT2D eigenvalue weighted by Crippen LogP contribution is 2.12. The minimum absolute atomic E-state index is 0.142. The normalized spacial score (nSPS) is 11.2. The van der Waals surface area contributed by atoms with Crippen molar-refractivity contribution in [1.29, 1.82) is 0 Å². The Labute approximate surface area is 95.1 Å². The van der Waals surface area contributed by atoms with Crippen molar-refractivity contribution in [2.45, 2.75) is 19.4 Å².